The molecule has 2 aliphatic heterocycles. The van der Waals surface area contributed by atoms with Crippen LogP contribution in [0.4, 0.5) is 0 Å². The number of hydrogen-bond donors (Lipinski definition) is 2. The highest BCUT2D eigenvalue weighted by molar-refractivity contribution is 5.94. The van der Waals surface area contributed by atoms with Crippen molar-refractivity contribution in [1.82, 2.24) is 15.1 Å². The first-order valence-corrected chi connectivity index (χ1v) is 12.0. The van der Waals surface area contributed by atoms with Crippen LogP contribution in [-0.4, -0.2) is 86.0 Å². The van der Waals surface area contributed by atoms with Crippen molar-refractivity contribution >= 4 is 5.91 Å². The van der Waals surface area contributed by atoms with Crippen LogP contribution in [0.5, 0.6) is 5.75 Å². The molecule has 0 aliphatic carbocycles. The van der Waals surface area contributed by atoms with E-state index in [1.165, 1.54) is 11.1 Å². The minimum atomic E-state index is -0.603. The summed E-state index contributed by atoms with van der Waals surface area (Å²) < 4.78 is 11.2. The molecule has 33 heavy (non-hydrogen) atoms. The average molecular weight is 454 g/mol. The highest BCUT2D eigenvalue weighted by Gasteiger charge is 2.19. The molecule has 1 amide bonds. The van der Waals surface area contributed by atoms with E-state index in [1.807, 2.05) is 12.1 Å². The van der Waals surface area contributed by atoms with Gasteiger partial charge in [0.1, 0.15) is 5.75 Å². The van der Waals surface area contributed by atoms with Gasteiger partial charge in [-0.25, -0.2) is 0 Å². The maximum absolute atomic E-state index is 12.5. The Morgan fingerprint density at radius 1 is 1.03 bits per heavy atom. The predicted molar refractivity (Wildman–Crippen MR) is 128 cm³/mol. The van der Waals surface area contributed by atoms with E-state index in [0.717, 1.165) is 64.5 Å². The predicted octanol–water partition coefficient (Wildman–Crippen LogP) is 1.94. The van der Waals surface area contributed by atoms with Crippen LogP contribution in [0.25, 0.3) is 0 Å². The third kappa shape index (κ3) is 7.27. The van der Waals surface area contributed by atoms with Crippen LogP contribution < -0.4 is 10.1 Å². The van der Waals surface area contributed by atoms with Gasteiger partial charge in [-0.15, -0.1) is 0 Å². The van der Waals surface area contributed by atoms with Gasteiger partial charge in [-0.05, 0) is 48.2 Å². The SMILES string of the molecule is O=C(NC[C@H](O)CN1CCc2ccccc2C1)c1ccc(OCCCN2CCOCC2)cc1. The Balaban J connectivity index is 1.13. The molecule has 0 spiro atoms. The van der Waals surface area contributed by atoms with Gasteiger partial charge in [-0.3, -0.25) is 14.6 Å². The van der Waals surface area contributed by atoms with E-state index in [1.54, 1.807) is 12.1 Å². The minimum absolute atomic E-state index is 0.183. The zero-order chi connectivity index (χ0) is 22.9. The number of amides is 1. The Morgan fingerprint density at radius 3 is 2.58 bits per heavy atom. The number of nitrogens with zero attached hydrogens (tertiary/aromatic N) is 2. The molecule has 2 aromatic rings. The summed E-state index contributed by atoms with van der Waals surface area (Å²) in [6.45, 7) is 7.82. The molecule has 1 atom stereocenters. The molecule has 7 heteroatoms. The van der Waals surface area contributed by atoms with E-state index in [9.17, 15) is 9.90 Å². The number of carbonyl (C=O) groups excluding carboxylic acids is 1. The number of fused-ring (bicyclic) bond motifs is 1. The first-order valence-electron chi connectivity index (χ1n) is 12.0. The number of aliphatic hydroxyl groups is 1. The van der Waals surface area contributed by atoms with E-state index in [0.29, 0.717) is 18.7 Å². The zero-order valence-electron chi connectivity index (χ0n) is 19.2. The second-order valence-corrected chi connectivity index (χ2v) is 8.80. The second-order valence-electron chi connectivity index (χ2n) is 8.80. The zero-order valence-corrected chi connectivity index (χ0v) is 19.2. The van der Waals surface area contributed by atoms with Crippen molar-refractivity contribution in [3.63, 3.8) is 0 Å². The van der Waals surface area contributed by atoms with E-state index in [2.05, 4.69) is 39.4 Å². The lowest BCUT2D eigenvalue weighted by Crippen LogP contribution is -2.42. The van der Waals surface area contributed by atoms with Gasteiger partial charge in [0.15, 0.2) is 0 Å². The van der Waals surface area contributed by atoms with Crippen molar-refractivity contribution in [1.29, 1.82) is 0 Å². The molecule has 0 unspecified atom stereocenters. The Hall–Kier alpha value is -2.45. The molecular formula is C26H35N3O4. The number of hydrogen-bond acceptors (Lipinski definition) is 6. The number of benzene rings is 2. The van der Waals surface area contributed by atoms with Crippen LogP contribution in [0.15, 0.2) is 48.5 Å². The summed E-state index contributed by atoms with van der Waals surface area (Å²) in [4.78, 5) is 17.1. The lowest BCUT2D eigenvalue weighted by atomic mass is 10.00. The van der Waals surface area contributed by atoms with E-state index < -0.39 is 6.10 Å². The number of morpholine rings is 1. The van der Waals surface area contributed by atoms with E-state index >= 15 is 0 Å². The largest absolute Gasteiger partial charge is 0.494 e. The van der Waals surface area contributed by atoms with Gasteiger partial charge in [0, 0.05) is 51.4 Å². The third-order valence-electron chi connectivity index (χ3n) is 6.28. The standard InChI is InChI=1S/C26H35N3O4/c30-24(20-29-12-10-21-4-1-2-5-23(21)19-29)18-27-26(31)22-6-8-25(9-7-22)33-15-3-11-28-13-16-32-17-14-28/h1-2,4-9,24,30H,3,10-20H2,(H,27,31)/t24-/m0/s1. The lowest BCUT2D eigenvalue weighted by Gasteiger charge is -2.30. The van der Waals surface area contributed by atoms with Crippen molar-refractivity contribution in [3.05, 3.63) is 65.2 Å². The Morgan fingerprint density at radius 2 is 1.79 bits per heavy atom. The molecule has 1 fully saturated rings. The molecule has 0 bridgehead atoms. The molecule has 4 rings (SSSR count). The van der Waals surface area contributed by atoms with E-state index in [-0.39, 0.29) is 12.5 Å². The highest BCUT2D eigenvalue weighted by Crippen LogP contribution is 2.18. The fourth-order valence-corrected chi connectivity index (χ4v) is 4.39. The van der Waals surface area contributed by atoms with Crippen molar-refractivity contribution < 1.29 is 19.4 Å². The Kier molecular flexibility index (Phi) is 8.72. The maximum Gasteiger partial charge on any atom is 0.251 e. The fourth-order valence-electron chi connectivity index (χ4n) is 4.39. The molecule has 0 aromatic heterocycles. The van der Waals surface area contributed by atoms with Crippen molar-refractivity contribution in [2.75, 3.05) is 59.1 Å². The third-order valence-corrected chi connectivity index (χ3v) is 6.28. The van der Waals surface area contributed by atoms with Crippen molar-refractivity contribution in [2.45, 2.75) is 25.5 Å². The molecule has 1 saturated heterocycles. The van der Waals surface area contributed by atoms with Crippen LogP contribution in [0.1, 0.15) is 27.9 Å². The molecule has 2 aliphatic rings. The molecular weight excluding hydrogens is 418 g/mol. The topological polar surface area (TPSA) is 74.3 Å². The molecule has 178 valence electrons. The van der Waals surface area contributed by atoms with Crippen LogP contribution in [0.2, 0.25) is 0 Å². The van der Waals surface area contributed by atoms with Gasteiger partial charge in [0.2, 0.25) is 0 Å². The normalized spacial score (nSPS) is 17.8. The van der Waals surface area contributed by atoms with Gasteiger partial charge in [-0.2, -0.15) is 0 Å². The Bertz CT molecular complexity index is 883. The van der Waals surface area contributed by atoms with Crippen LogP contribution in [0, 0.1) is 0 Å². The number of ether oxygens (including phenoxy) is 2. The van der Waals surface area contributed by atoms with Crippen LogP contribution in [-0.2, 0) is 17.7 Å². The summed E-state index contributed by atoms with van der Waals surface area (Å²) in [5.74, 6) is 0.579. The first kappa shape index (κ1) is 23.7. The van der Waals surface area contributed by atoms with Gasteiger partial charge in [0.25, 0.3) is 5.91 Å². The fraction of sp³-hybridized carbons (Fsp3) is 0.500. The highest BCUT2D eigenvalue weighted by atomic mass is 16.5. The summed E-state index contributed by atoms with van der Waals surface area (Å²) in [6, 6.07) is 15.6. The first-order chi connectivity index (χ1) is 16.2. The smallest absolute Gasteiger partial charge is 0.251 e. The number of nitrogens with one attached hydrogen (secondary N) is 1. The molecule has 2 heterocycles. The molecule has 2 aromatic carbocycles. The second kappa shape index (κ2) is 12.1. The molecule has 7 nitrogen and oxygen atoms in total. The summed E-state index contributed by atoms with van der Waals surface area (Å²) >= 11 is 0. The quantitative estimate of drug-likeness (QED) is 0.536. The van der Waals surface area contributed by atoms with Crippen LogP contribution >= 0.6 is 0 Å². The Labute approximate surface area is 196 Å². The van der Waals surface area contributed by atoms with E-state index in [4.69, 9.17) is 9.47 Å². The van der Waals surface area contributed by atoms with Gasteiger partial charge in [-0.1, -0.05) is 24.3 Å². The summed E-state index contributed by atoms with van der Waals surface area (Å²) in [5.41, 5.74) is 3.28. The van der Waals surface area contributed by atoms with Crippen molar-refractivity contribution in [3.8, 4) is 5.75 Å². The van der Waals surface area contributed by atoms with Gasteiger partial charge < -0.3 is 19.9 Å². The minimum Gasteiger partial charge on any atom is -0.494 e. The van der Waals surface area contributed by atoms with Gasteiger partial charge >= 0.3 is 0 Å². The summed E-state index contributed by atoms with van der Waals surface area (Å²) in [7, 11) is 0. The number of carbonyl (C=O) groups is 1. The van der Waals surface area contributed by atoms with Crippen LogP contribution in [0.3, 0.4) is 0 Å². The summed E-state index contributed by atoms with van der Waals surface area (Å²) in [6.07, 6.45) is 1.35. The van der Waals surface area contributed by atoms with Gasteiger partial charge in [0.05, 0.1) is 25.9 Å². The molecule has 2 N–H and O–H groups in total. The number of rotatable bonds is 10. The molecule has 0 radical (unpaired) electrons. The number of aliphatic hydroxyl groups excluding tert-OH is 1. The maximum atomic E-state index is 12.5. The lowest BCUT2D eigenvalue weighted by molar-refractivity contribution is 0.0358. The van der Waals surface area contributed by atoms with Crippen molar-refractivity contribution in [2.24, 2.45) is 0 Å². The summed E-state index contributed by atoms with van der Waals surface area (Å²) in [5, 5.41) is 13.3. The number of β-amino-alcohol motifs (C(OH)–C–C–N with tert-alkyl or cyclic N) is 1. The average Bonchev–Trinajstić information content (AvgIpc) is 2.86. The monoisotopic (exact) mass is 453 g/mol. The molecule has 0 saturated carbocycles.